The molecule has 0 heteroatoms. The van der Waals surface area contributed by atoms with Crippen molar-refractivity contribution in [3.05, 3.63) is 0 Å². The van der Waals surface area contributed by atoms with Crippen molar-refractivity contribution in [2.75, 3.05) is 0 Å². The van der Waals surface area contributed by atoms with Crippen LogP contribution in [-0.2, 0) is 0 Å². The van der Waals surface area contributed by atoms with E-state index in [-0.39, 0.29) is 0 Å². The second kappa shape index (κ2) is 6.63. The van der Waals surface area contributed by atoms with E-state index >= 15 is 0 Å². The Bertz CT molecular complexity index is 333. The van der Waals surface area contributed by atoms with Crippen LogP contribution in [0.15, 0.2) is 0 Å². The number of rotatable bonds is 6. The van der Waals surface area contributed by atoms with Gasteiger partial charge in [0.05, 0.1) is 0 Å². The lowest BCUT2D eigenvalue weighted by molar-refractivity contribution is -0.0460. The van der Waals surface area contributed by atoms with Crippen LogP contribution in [0.3, 0.4) is 0 Å². The third-order valence-electron chi connectivity index (χ3n) is 8.12. The average molecular weight is 293 g/mol. The van der Waals surface area contributed by atoms with Crippen LogP contribution in [0.5, 0.6) is 0 Å². The Balaban J connectivity index is 2.25. The van der Waals surface area contributed by atoms with Crippen molar-refractivity contribution in [1.82, 2.24) is 0 Å². The first-order valence-corrected chi connectivity index (χ1v) is 9.96. The fourth-order valence-corrected chi connectivity index (χ4v) is 6.70. The molecule has 0 N–H and O–H groups in total. The lowest BCUT2D eigenvalue weighted by Gasteiger charge is -2.54. The maximum Gasteiger partial charge on any atom is -0.0266 e. The van der Waals surface area contributed by atoms with Gasteiger partial charge >= 0.3 is 0 Å². The zero-order valence-electron chi connectivity index (χ0n) is 15.7. The summed E-state index contributed by atoms with van der Waals surface area (Å²) in [7, 11) is 0. The van der Waals surface area contributed by atoms with Gasteiger partial charge in [0.2, 0.25) is 0 Å². The van der Waals surface area contributed by atoms with Gasteiger partial charge in [0, 0.05) is 0 Å². The molecule has 2 aliphatic carbocycles. The van der Waals surface area contributed by atoms with Crippen molar-refractivity contribution < 1.29 is 0 Å². The molecule has 0 aromatic rings. The zero-order valence-corrected chi connectivity index (χ0v) is 15.7. The highest BCUT2D eigenvalue weighted by Gasteiger charge is 2.54. The highest BCUT2D eigenvalue weighted by Crippen LogP contribution is 2.63. The van der Waals surface area contributed by atoms with Crippen molar-refractivity contribution in [2.24, 2.45) is 34.5 Å². The normalized spacial score (nSPS) is 42.6. The molecule has 0 radical (unpaired) electrons. The molecule has 2 aliphatic rings. The van der Waals surface area contributed by atoms with Crippen LogP contribution < -0.4 is 0 Å². The van der Waals surface area contributed by atoms with Gasteiger partial charge in [-0.05, 0) is 66.6 Å². The van der Waals surface area contributed by atoms with E-state index in [0.717, 1.165) is 23.7 Å². The third kappa shape index (κ3) is 2.81. The largest absolute Gasteiger partial charge is 0.0654 e. The SMILES string of the molecule is CCCC(C)(CC)C1CCC2(C)C(CC)CCC2C1CC. The summed E-state index contributed by atoms with van der Waals surface area (Å²) in [5.41, 5.74) is 1.27. The van der Waals surface area contributed by atoms with Crippen molar-refractivity contribution >= 4 is 0 Å². The molecule has 0 amide bonds. The van der Waals surface area contributed by atoms with Gasteiger partial charge in [-0.25, -0.2) is 0 Å². The Morgan fingerprint density at radius 2 is 1.71 bits per heavy atom. The molecule has 2 saturated carbocycles. The standard InChI is InChI=1S/C21H40/c1-7-14-20(5,10-4)18-13-15-21(6)16(8-2)11-12-19(21)17(18)9-3/h16-19H,7-15H2,1-6H3. The molecule has 0 aliphatic heterocycles. The summed E-state index contributed by atoms with van der Waals surface area (Å²) in [6.45, 7) is 15.0. The molecular formula is C21H40. The Labute approximate surface area is 134 Å². The monoisotopic (exact) mass is 292 g/mol. The first-order chi connectivity index (χ1) is 9.96. The van der Waals surface area contributed by atoms with Crippen LogP contribution in [-0.4, -0.2) is 0 Å². The van der Waals surface area contributed by atoms with Crippen molar-refractivity contribution in [3.63, 3.8) is 0 Å². The zero-order chi connectivity index (χ0) is 15.7. The van der Waals surface area contributed by atoms with E-state index in [2.05, 4.69) is 41.5 Å². The quantitative estimate of drug-likeness (QED) is 0.490. The van der Waals surface area contributed by atoms with Crippen LogP contribution in [0.25, 0.3) is 0 Å². The predicted molar refractivity (Wildman–Crippen MR) is 94.4 cm³/mol. The molecule has 0 aromatic heterocycles. The first kappa shape index (κ1) is 17.4. The molecule has 6 atom stereocenters. The van der Waals surface area contributed by atoms with Crippen LogP contribution >= 0.6 is 0 Å². The van der Waals surface area contributed by atoms with Crippen molar-refractivity contribution in [1.29, 1.82) is 0 Å². The molecule has 2 fully saturated rings. The summed E-state index contributed by atoms with van der Waals surface area (Å²) in [5.74, 6) is 4.02. The number of fused-ring (bicyclic) bond motifs is 1. The lowest BCUT2D eigenvalue weighted by atomic mass is 9.51. The summed E-state index contributed by atoms with van der Waals surface area (Å²) >= 11 is 0. The van der Waals surface area contributed by atoms with Crippen LogP contribution in [0.1, 0.15) is 99.3 Å². The second-order valence-corrected chi connectivity index (χ2v) is 8.77. The Morgan fingerprint density at radius 1 is 1.00 bits per heavy atom. The maximum atomic E-state index is 2.65. The van der Waals surface area contributed by atoms with Crippen LogP contribution in [0, 0.1) is 34.5 Å². The Hall–Kier alpha value is 0. The van der Waals surface area contributed by atoms with Crippen molar-refractivity contribution in [3.8, 4) is 0 Å². The van der Waals surface area contributed by atoms with Gasteiger partial charge in [-0.1, -0.05) is 67.2 Å². The molecular weight excluding hydrogens is 252 g/mol. The molecule has 21 heavy (non-hydrogen) atoms. The van der Waals surface area contributed by atoms with E-state index < -0.39 is 0 Å². The summed E-state index contributed by atoms with van der Waals surface area (Å²) in [4.78, 5) is 0. The third-order valence-corrected chi connectivity index (χ3v) is 8.12. The van der Waals surface area contributed by atoms with Crippen molar-refractivity contribution in [2.45, 2.75) is 99.3 Å². The fraction of sp³-hybridized carbons (Fsp3) is 1.00. The lowest BCUT2D eigenvalue weighted by Crippen LogP contribution is -2.46. The minimum atomic E-state index is 0.598. The molecule has 0 heterocycles. The number of hydrogen-bond donors (Lipinski definition) is 0. The highest BCUT2D eigenvalue weighted by molar-refractivity contribution is 5.04. The molecule has 0 bridgehead atoms. The smallest absolute Gasteiger partial charge is 0.0266 e. The van der Waals surface area contributed by atoms with E-state index in [4.69, 9.17) is 0 Å². The van der Waals surface area contributed by atoms with Crippen LogP contribution in [0.2, 0.25) is 0 Å². The molecule has 0 aromatic carbocycles. The van der Waals surface area contributed by atoms with Gasteiger partial charge < -0.3 is 0 Å². The fourth-order valence-electron chi connectivity index (χ4n) is 6.70. The summed E-state index contributed by atoms with van der Waals surface area (Å²) in [6.07, 6.45) is 13.1. The Morgan fingerprint density at radius 3 is 2.24 bits per heavy atom. The molecule has 0 spiro atoms. The van der Waals surface area contributed by atoms with Gasteiger partial charge in [0.25, 0.3) is 0 Å². The van der Waals surface area contributed by atoms with Gasteiger partial charge in [-0.15, -0.1) is 0 Å². The highest BCUT2D eigenvalue weighted by atomic mass is 14.6. The van der Waals surface area contributed by atoms with Gasteiger partial charge in [0.1, 0.15) is 0 Å². The van der Waals surface area contributed by atoms with Crippen LogP contribution in [0.4, 0.5) is 0 Å². The minimum absolute atomic E-state index is 0.598. The summed E-state index contributed by atoms with van der Waals surface area (Å²) in [5, 5.41) is 0. The molecule has 0 saturated heterocycles. The summed E-state index contributed by atoms with van der Waals surface area (Å²) < 4.78 is 0. The minimum Gasteiger partial charge on any atom is -0.0654 e. The topological polar surface area (TPSA) is 0 Å². The van der Waals surface area contributed by atoms with E-state index in [1.54, 1.807) is 0 Å². The summed E-state index contributed by atoms with van der Waals surface area (Å²) in [6, 6.07) is 0. The van der Waals surface area contributed by atoms with E-state index in [1.807, 2.05) is 0 Å². The molecule has 0 nitrogen and oxygen atoms in total. The second-order valence-electron chi connectivity index (χ2n) is 8.77. The number of hydrogen-bond acceptors (Lipinski definition) is 0. The van der Waals surface area contributed by atoms with E-state index in [0.29, 0.717) is 10.8 Å². The predicted octanol–water partition coefficient (Wildman–Crippen LogP) is 7.08. The maximum absolute atomic E-state index is 2.65. The van der Waals surface area contributed by atoms with Gasteiger partial charge in [-0.3, -0.25) is 0 Å². The van der Waals surface area contributed by atoms with E-state index in [1.165, 1.54) is 57.8 Å². The Kier molecular flexibility index (Phi) is 5.48. The van der Waals surface area contributed by atoms with E-state index in [9.17, 15) is 0 Å². The van der Waals surface area contributed by atoms with Gasteiger partial charge in [0.15, 0.2) is 0 Å². The molecule has 124 valence electrons. The molecule has 6 unspecified atom stereocenters. The molecule has 2 rings (SSSR count). The average Bonchev–Trinajstić information content (AvgIpc) is 2.82. The van der Waals surface area contributed by atoms with Gasteiger partial charge in [-0.2, -0.15) is 0 Å². The first-order valence-electron chi connectivity index (χ1n) is 9.96.